The zero-order chi connectivity index (χ0) is 19.7. The molecule has 11 heteroatoms. The van der Waals surface area contributed by atoms with Gasteiger partial charge in [0.25, 0.3) is 0 Å². The number of rotatable bonds is 7. The van der Waals surface area contributed by atoms with Crippen molar-refractivity contribution in [2.45, 2.75) is 38.5 Å². The number of nitrogens with one attached hydrogen (secondary N) is 2. The average Bonchev–Trinajstić information content (AvgIpc) is 3.51. The molecule has 0 aliphatic carbocycles. The minimum atomic E-state index is -3.05. The van der Waals surface area contributed by atoms with E-state index in [1.165, 1.54) is 0 Å². The number of benzene rings is 1. The van der Waals surface area contributed by atoms with Crippen LogP contribution < -0.4 is 15.3 Å². The molecule has 29 heavy (non-hydrogen) atoms. The summed E-state index contributed by atoms with van der Waals surface area (Å²) in [6.45, 7) is 5.54. The Morgan fingerprint density at radius 1 is 0.828 bits per heavy atom. The van der Waals surface area contributed by atoms with Crippen molar-refractivity contribution in [1.29, 1.82) is 0 Å². The lowest BCUT2D eigenvalue weighted by molar-refractivity contribution is 0.210. The van der Waals surface area contributed by atoms with Crippen LogP contribution in [0.3, 0.4) is 0 Å². The van der Waals surface area contributed by atoms with Gasteiger partial charge < -0.3 is 0 Å². The van der Waals surface area contributed by atoms with Crippen LogP contribution in [-0.2, 0) is 0 Å². The second kappa shape index (κ2) is 8.39. The molecule has 158 valence electrons. The predicted molar refractivity (Wildman–Crippen MR) is 114 cm³/mol. The fraction of sp³-hybridized carbons (Fsp3) is 0.667. The molecule has 10 nitrogen and oxygen atoms in total. The van der Waals surface area contributed by atoms with E-state index in [-0.39, 0.29) is 0 Å². The van der Waals surface area contributed by atoms with Gasteiger partial charge >= 0.3 is 7.94 Å². The van der Waals surface area contributed by atoms with Crippen LogP contribution in [0.4, 0.5) is 0 Å². The van der Waals surface area contributed by atoms with Gasteiger partial charge in [-0.3, -0.25) is 0 Å². The molecule has 3 N–H and O–H groups in total. The molecule has 0 atom stereocenters. The number of hydrazine groups is 3. The molecule has 5 rings (SSSR count). The summed E-state index contributed by atoms with van der Waals surface area (Å²) >= 11 is 0. The third kappa shape index (κ3) is 3.98. The van der Waals surface area contributed by atoms with E-state index in [4.69, 9.17) is 0 Å². The molecule has 0 saturated carbocycles. The maximum absolute atomic E-state index is 12.2. The summed E-state index contributed by atoms with van der Waals surface area (Å²) in [7, 11) is -3.05. The quantitative estimate of drug-likeness (QED) is 0.573. The van der Waals surface area contributed by atoms with Crippen molar-refractivity contribution < 1.29 is 4.89 Å². The molecule has 4 heterocycles. The van der Waals surface area contributed by atoms with Crippen molar-refractivity contribution in [1.82, 2.24) is 40.5 Å². The molecule has 0 bridgehead atoms. The van der Waals surface area contributed by atoms with Gasteiger partial charge in [-0.1, -0.05) is 22.5 Å². The molecular formula is C18H31N9OP+. The van der Waals surface area contributed by atoms with E-state index in [1.54, 1.807) is 4.79 Å². The second-order valence-electron chi connectivity index (χ2n) is 8.09. The van der Waals surface area contributed by atoms with E-state index in [2.05, 4.69) is 35.7 Å². The summed E-state index contributed by atoms with van der Waals surface area (Å²) in [5, 5.41) is 22.3. The number of nitrogens with zero attached hydrogens (tertiary/aromatic N) is 7. The van der Waals surface area contributed by atoms with E-state index < -0.39 is 7.94 Å². The van der Waals surface area contributed by atoms with Crippen LogP contribution in [0.2, 0.25) is 0 Å². The van der Waals surface area contributed by atoms with Crippen LogP contribution in [0, 0.1) is 0 Å². The van der Waals surface area contributed by atoms with Crippen LogP contribution in [-0.4, -0.2) is 74.3 Å². The Morgan fingerprint density at radius 3 is 2.00 bits per heavy atom. The molecule has 1 aromatic carbocycles. The number of aromatic nitrogens is 3. The average molecular weight is 420 g/mol. The Bertz CT molecular complexity index is 797. The van der Waals surface area contributed by atoms with Gasteiger partial charge in [0.15, 0.2) is 0 Å². The minimum Gasteiger partial charge on any atom is -0.207 e. The molecule has 0 unspecified atom stereocenters. The van der Waals surface area contributed by atoms with Crippen LogP contribution >= 0.6 is 7.94 Å². The standard InChI is InChI=1S/C18H31N9OP/c28-29(21-23-11-3-4-12-23,22-24-13-5-6-14-24)27(25-15-7-8-16-25)26-18-10-2-1-9-17(18)19-20-26/h1-2,9-10,21-22,28H,3-8,11-16H2/q+1. The number of hydrogen-bond donors (Lipinski definition) is 3. The Balaban J connectivity index is 1.55. The fourth-order valence-corrected chi connectivity index (χ4v) is 6.74. The summed E-state index contributed by atoms with van der Waals surface area (Å²) < 4.78 is 0. The van der Waals surface area contributed by atoms with Crippen molar-refractivity contribution in [2.75, 3.05) is 44.2 Å². The Kier molecular flexibility index (Phi) is 5.66. The van der Waals surface area contributed by atoms with Gasteiger partial charge in [0.2, 0.25) is 0 Å². The number of fused-ring (bicyclic) bond motifs is 1. The molecule has 1 aromatic heterocycles. The van der Waals surface area contributed by atoms with Gasteiger partial charge in [-0.25, -0.2) is 10.0 Å². The van der Waals surface area contributed by atoms with Crippen LogP contribution in [0.15, 0.2) is 24.3 Å². The van der Waals surface area contributed by atoms with E-state index in [0.29, 0.717) is 0 Å². The Hall–Kier alpha value is -1.39. The van der Waals surface area contributed by atoms with Crippen molar-refractivity contribution in [2.24, 2.45) is 0 Å². The van der Waals surface area contributed by atoms with Crippen molar-refractivity contribution in [3.05, 3.63) is 24.3 Å². The van der Waals surface area contributed by atoms with E-state index in [0.717, 1.165) is 88.8 Å². The first-order valence-electron chi connectivity index (χ1n) is 10.8. The summed E-state index contributed by atoms with van der Waals surface area (Å²) in [6.07, 6.45) is 6.80. The third-order valence-corrected chi connectivity index (χ3v) is 7.94. The molecule has 0 amide bonds. The molecule has 2 aromatic rings. The van der Waals surface area contributed by atoms with Crippen LogP contribution in [0.5, 0.6) is 0 Å². The summed E-state index contributed by atoms with van der Waals surface area (Å²) in [6, 6.07) is 7.92. The lowest BCUT2D eigenvalue weighted by Crippen LogP contribution is -2.59. The molecule has 3 saturated heterocycles. The van der Waals surface area contributed by atoms with Gasteiger partial charge in [-0.2, -0.15) is 9.90 Å². The van der Waals surface area contributed by atoms with Gasteiger partial charge in [-0.15, -0.1) is 9.89 Å². The predicted octanol–water partition coefficient (Wildman–Crippen LogP) is 1.25. The summed E-state index contributed by atoms with van der Waals surface area (Å²) in [5.41, 5.74) is 1.72. The lowest BCUT2D eigenvalue weighted by Gasteiger charge is -2.38. The molecule has 3 aliphatic rings. The molecular weight excluding hydrogens is 389 g/mol. The van der Waals surface area contributed by atoms with Crippen molar-refractivity contribution >= 4 is 19.0 Å². The lowest BCUT2D eigenvalue weighted by atomic mass is 10.3. The fourth-order valence-electron chi connectivity index (χ4n) is 4.42. The topological polar surface area (TPSA) is 88.0 Å². The first-order valence-corrected chi connectivity index (χ1v) is 12.5. The van der Waals surface area contributed by atoms with E-state index >= 15 is 0 Å². The maximum Gasteiger partial charge on any atom is 0.449 e. The molecule has 3 fully saturated rings. The van der Waals surface area contributed by atoms with E-state index in [9.17, 15) is 4.89 Å². The second-order valence-corrected chi connectivity index (χ2v) is 10.0. The highest BCUT2D eigenvalue weighted by atomic mass is 31.2. The normalized spacial score (nSPS) is 22.2. The minimum absolute atomic E-state index is 0.825. The largest absolute Gasteiger partial charge is 0.449 e. The van der Waals surface area contributed by atoms with Crippen molar-refractivity contribution in [3.8, 4) is 0 Å². The van der Waals surface area contributed by atoms with Gasteiger partial charge in [-0.05, 0) is 60.8 Å². The highest BCUT2D eigenvalue weighted by Gasteiger charge is 2.54. The monoisotopic (exact) mass is 420 g/mol. The van der Waals surface area contributed by atoms with Gasteiger partial charge in [0.05, 0.1) is 0 Å². The highest BCUT2D eigenvalue weighted by molar-refractivity contribution is 7.67. The Labute approximate surface area is 171 Å². The first kappa shape index (κ1) is 19.6. The van der Waals surface area contributed by atoms with Crippen LogP contribution in [0.25, 0.3) is 11.0 Å². The zero-order valence-corrected chi connectivity index (χ0v) is 17.7. The van der Waals surface area contributed by atoms with Gasteiger partial charge in [0.1, 0.15) is 11.0 Å². The number of hydrogen-bond acceptors (Lipinski definition) is 9. The van der Waals surface area contributed by atoms with Gasteiger partial charge in [0, 0.05) is 39.3 Å². The Morgan fingerprint density at radius 2 is 1.38 bits per heavy atom. The number of para-hydroxylation sites is 1. The van der Waals surface area contributed by atoms with E-state index in [1.807, 2.05) is 29.2 Å². The van der Waals surface area contributed by atoms with Crippen LogP contribution in [0.1, 0.15) is 38.5 Å². The summed E-state index contributed by atoms with van der Waals surface area (Å²) in [4.78, 5) is 15.9. The molecule has 3 aliphatic heterocycles. The molecule has 0 spiro atoms. The smallest absolute Gasteiger partial charge is 0.207 e. The molecule has 0 radical (unpaired) electrons. The highest BCUT2D eigenvalue weighted by Crippen LogP contribution is 2.51. The summed E-state index contributed by atoms with van der Waals surface area (Å²) in [5.74, 6) is 0. The third-order valence-electron chi connectivity index (χ3n) is 5.87. The zero-order valence-electron chi connectivity index (χ0n) is 16.8. The van der Waals surface area contributed by atoms with Crippen molar-refractivity contribution in [3.63, 3.8) is 0 Å². The first-order chi connectivity index (χ1) is 14.2. The maximum atomic E-state index is 12.2. The SMILES string of the molecule is O[P+](NN1CCCC1)(NN1CCCC1)N(N1CCCC1)n1nnc2ccccc21.